The van der Waals surface area contributed by atoms with E-state index in [2.05, 4.69) is 16.7 Å². The molecule has 6 nitrogen and oxygen atoms in total. The van der Waals surface area contributed by atoms with Gasteiger partial charge in [0.1, 0.15) is 5.82 Å². The van der Waals surface area contributed by atoms with Crippen molar-refractivity contribution in [3.63, 3.8) is 0 Å². The van der Waals surface area contributed by atoms with Crippen molar-refractivity contribution in [3.8, 4) is 0 Å². The maximum atomic E-state index is 13.3. The van der Waals surface area contributed by atoms with Gasteiger partial charge in [-0.25, -0.2) is 4.39 Å². The number of rotatable bonds is 12. The zero-order valence-electron chi connectivity index (χ0n) is 17.4. The molecule has 2 fully saturated rings. The van der Waals surface area contributed by atoms with E-state index in [-0.39, 0.29) is 11.8 Å². The minimum atomic E-state index is -3.66. The molecule has 2 aliphatic rings. The number of piperidine rings is 1. The quantitative estimate of drug-likeness (QED) is 0.518. The fourth-order valence-corrected chi connectivity index (χ4v) is 5.01. The van der Waals surface area contributed by atoms with Crippen LogP contribution in [0.25, 0.3) is 0 Å². The molecule has 0 bridgehead atoms. The molecular weight excluding hydrogens is 393 g/mol. The lowest BCUT2D eigenvalue weighted by Gasteiger charge is -2.31. The third-order valence-electron chi connectivity index (χ3n) is 5.74. The van der Waals surface area contributed by atoms with Crippen LogP contribution >= 0.6 is 0 Å². The van der Waals surface area contributed by atoms with Gasteiger partial charge < -0.3 is 9.64 Å². The SMILES string of the molecule is CN(CCCCCCOC1CCN(S(=O)(=O)Nc2cccc(F)c2)CC1)C1CC1. The van der Waals surface area contributed by atoms with Gasteiger partial charge in [-0.15, -0.1) is 0 Å². The second-order valence-corrected chi connectivity index (χ2v) is 9.88. The lowest BCUT2D eigenvalue weighted by molar-refractivity contribution is 0.0193. The Hall–Kier alpha value is -1.22. The summed E-state index contributed by atoms with van der Waals surface area (Å²) < 4.78 is 48.0. The number of unbranched alkanes of at least 4 members (excludes halogenated alkanes) is 3. The van der Waals surface area contributed by atoms with Crippen LogP contribution in [0, 0.1) is 5.82 Å². The van der Waals surface area contributed by atoms with E-state index in [4.69, 9.17) is 4.74 Å². The fourth-order valence-electron chi connectivity index (χ4n) is 3.77. The van der Waals surface area contributed by atoms with Gasteiger partial charge in [-0.1, -0.05) is 18.9 Å². The molecule has 1 aliphatic heterocycles. The van der Waals surface area contributed by atoms with Gasteiger partial charge >= 0.3 is 10.2 Å². The van der Waals surface area contributed by atoms with Gasteiger partial charge in [0.2, 0.25) is 0 Å². The summed E-state index contributed by atoms with van der Waals surface area (Å²) in [5.74, 6) is -0.466. The molecular formula is C21H34FN3O3S. The van der Waals surface area contributed by atoms with Crippen LogP contribution in [0.1, 0.15) is 51.4 Å². The van der Waals surface area contributed by atoms with Crippen LogP contribution in [0.3, 0.4) is 0 Å². The van der Waals surface area contributed by atoms with Crippen molar-refractivity contribution >= 4 is 15.9 Å². The van der Waals surface area contributed by atoms with E-state index in [1.807, 2.05) is 0 Å². The lowest BCUT2D eigenvalue weighted by atomic mass is 10.1. The highest BCUT2D eigenvalue weighted by molar-refractivity contribution is 7.90. The number of halogens is 1. The second-order valence-electron chi connectivity index (χ2n) is 8.21. The van der Waals surface area contributed by atoms with Crippen molar-refractivity contribution in [1.82, 2.24) is 9.21 Å². The molecule has 0 amide bonds. The van der Waals surface area contributed by atoms with Crippen molar-refractivity contribution in [2.75, 3.05) is 38.0 Å². The third kappa shape index (κ3) is 7.51. The van der Waals surface area contributed by atoms with E-state index in [0.717, 1.165) is 19.1 Å². The summed E-state index contributed by atoms with van der Waals surface area (Å²) >= 11 is 0. The van der Waals surface area contributed by atoms with Gasteiger partial charge in [0.05, 0.1) is 11.8 Å². The van der Waals surface area contributed by atoms with Gasteiger partial charge in [-0.2, -0.15) is 12.7 Å². The van der Waals surface area contributed by atoms with Crippen LogP contribution in [0.2, 0.25) is 0 Å². The number of anilines is 1. The molecule has 0 spiro atoms. The Labute approximate surface area is 174 Å². The summed E-state index contributed by atoms with van der Waals surface area (Å²) in [5, 5.41) is 0. The van der Waals surface area contributed by atoms with Crippen molar-refractivity contribution in [1.29, 1.82) is 0 Å². The number of hydrogen-bond donors (Lipinski definition) is 1. The average Bonchev–Trinajstić information content (AvgIpc) is 3.52. The minimum Gasteiger partial charge on any atom is -0.378 e. The number of nitrogens with zero attached hydrogens (tertiary/aromatic N) is 2. The highest BCUT2D eigenvalue weighted by Gasteiger charge is 2.28. The standard InChI is InChI=1S/C21H34FN3O3S/c1-24(20-9-10-20)13-4-2-3-5-16-28-21-11-14-25(15-12-21)29(26,27)23-19-8-6-7-18(22)17-19/h6-8,17,20-21,23H,2-5,9-16H2,1H3. The molecule has 1 heterocycles. The van der Waals surface area contributed by atoms with E-state index in [1.54, 1.807) is 6.07 Å². The minimum absolute atomic E-state index is 0.122. The van der Waals surface area contributed by atoms with Gasteiger partial charge in [-0.3, -0.25) is 4.72 Å². The second kappa shape index (κ2) is 10.7. The lowest BCUT2D eigenvalue weighted by Crippen LogP contribution is -2.43. The summed E-state index contributed by atoms with van der Waals surface area (Å²) in [6, 6.07) is 6.33. The van der Waals surface area contributed by atoms with E-state index < -0.39 is 16.0 Å². The molecule has 1 aromatic rings. The van der Waals surface area contributed by atoms with Crippen LogP contribution in [-0.4, -0.2) is 63.1 Å². The summed E-state index contributed by atoms with van der Waals surface area (Å²) in [7, 11) is -1.44. The third-order valence-corrected chi connectivity index (χ3v) is 7.28. The molecule has 1 N–H and O–H groups in total. The normalized spacial score (nSPS) is 19.0. The molecule has 0 unspecified atom stereocenters. The highest BCUT2D eigenvalue weighted by Crippen LogP contribution is 2.25. The Kier molecular flexibility index (Phi) is 8.29. The van der Waals surface area contributed by atoms with Crippen LogP contribution < -0.4 is 4.72 Å². The Morgan fingerprint density at radius 1 is 1.14 bits per heavy atom. The van der Waals surface area contributed by atoms with Gasteiger partial charge in [-0.05, 0) is 70.3 Å². The predicted molar refractivity (Wildman–Crippen MR) is 114 cm³/mol. The Balaban J connectivity index is 1.27. The Morgan fingerprint density at radius 2 is 1.86 bits per heavy atom. The predicted octanol–water partition coefficient (Wildman–Crippen LogP) is 3.62. The maximum absolute atomic E-state index is 13.3. The number of hydrogen-bond acceptors (Lipinski definition) is 4. The number of benzene rings is 1. The summed E-state index contributed by atoms with van der Waals surface area (Å²) in [6.07, 6.45) is 8.97. The summed E-state index contributed by atoms with van der Waals surface area (Å²) in [6.45, 7) is 2.78. The Morgan fingerprint density at radius 3 is 2.55 bits per heavy atom. The zero-order valence-corrected chi connectivity index (χ0v) is 18.2. The smallest absolute Gasteiger partial charge is 0.301 e. The van der Waals surface area contributed by atoms with Crippen LogP contribution in [-0.2, 0) is 14.9 Å². The van der Waals surface area contributed by atoms with Gasteiger partial charge in [0.25, 0.3) is 0 Å². The van der Waals surface area contributed by atoms with E-state index >= 15 is 0 Å². The van der Waals surface area contributed by atoms with Crippen LogP contribution in [0.5, 0.6) is 0 Å². The molecule has 164 valence electrons. The first-order valence-corrected chi connectivity index (χ1v) is 12.2. The molecule has 0 atom stereocenters. The van der Waals surface area contributed by atoms with Crippen molar-refractivity contribution < 1.29 is 17.5 Å². The highest BCUT2D eigenvalue weighted by atomic mass is 32.2. The largest absolute Gasteiger partial charge is 0.378 e. The molecule has 1 aromatic carbocycles. The van der Waals surface area contributed by atoms with Crippen LogP contribution in [0.15, 0.2) is 24.3 Å². The molecule has 0 radical (unpaired) electrons. The van der Waals surface area contributed by atoms with Crippen molar-refractivity contribution in [2.24, 2.45) is 0 Å². The first kappa shape index (κ1) is 22.5. The maximum Gasteiger partial charge on any atom is 0.301 e. The summed E-state index contributed by atoms with van der Waals surface area (Å²) in [4.78, 5) is 2.47. The number of nitrogens with one attached hydrogen (secondary N) is 1. The molecule has 1 saturated carbocycles. The van der Waals surface area contributed by atoms with Gasteiger partial charge in [0, 0.05) is 25.7 Å². The molecule has 0 aromatic heterocycles. The first-order chi connectivity index (χ1) is 13.9. The van der Waals surface area contributed by atoms with E-state index in [0.29, 0.717) is 25.9 Å². The van der Waals surface area contributed by atoms with E-state index in [9.17, 15) is 12.8 Å². The van der Waals surface area contributed by atoms with E-state index in [1.165, 1.54) is 61.2 Å². The Bertz CT molecular complexity index is 734. The molecule has 1 saturated heterocycles. The summed E-state index contributed by atoms with van der Waals surface area (Å²) in [5.41, 5.74) is 0.242. The van der Waals surface area contributed by atoms with Crippen molar-refractivity contribution in [2.45, 2.75) is 63.5 Å². The molecule has 29 heavy (non-hydrogen) atoms. The first-order valence-electron chi connectivity index (χ1n) is 10.8. The van der Waals surface area contributed by atoms with Crippen LogP contribution in [0.4, 0.5) is 10.1 Å². The monoisotopic (exact) mass is 427 g/mol. The average molecular weight is 428 g/mol. The molecule has 3 rings (SSSR count). The molecule has 8 heteroatoms. The zero-order chi connectivity index (χ0) is 20.7. The topological polar surface area (TPSA) is 61.9 Å². The fraction of sp³-hybridized carbons (Fsp3) is 0.714. The molecule has 1 aliphatic carbocycles. The van der Waals surface area contributed by atoms with Gasteiger partial charge in [0.15, 0.2) is 0 Å². The number of ether oxygens (including phenoxy) is 1. The van der Waals surface area contributed by atoms with Crippen molar-refractivity contribution in [3.05, 3.63) is 30.1 Å².